The summed E-state index contributed by atoms with van der Waals surface area (Å²) in [7, 11) is 0. The SMILES string of the molecule is CCCCc1ccc(C(Cl)c2cccc(Cl)c2C)cc1. The highest BCUT2D eigenvalue weighted by Gasteiger charge is 2.14. The molecule has 0 N–H and O–H groups in total. The van der Waals surface area contributed by atoms with Gasteiger partial charge in [-0.1, -0.05) is 61.3 Å². The normalized spacial score (nSPS) is 12.4. The second-order valence-electron chi connectivity index (χ2n) is 5.16. The maximum absolute atomic E-state index is 6.61. The molecule has 1 unspecified atom stereocenters. The Kier molecular flexibility index (Phi) is 5.51. The van der Waals surface area contributed by atoms with E-state index in [0.717, 1.165) is 28.1 Å². The van der Waals surface area contributed by atoms with E-state index in [1.807, 2.05) is 25.1 Å². The molecule has 2 rings (SSSR count). The van der Waals surface area contributed by atoms with Crippen molar-refractivity contribution in [2.45, 2.75) is 38.5 Å². The second kappa shape index (κ2) is 7.15. The van der Waals surface area contributed by atoms with E-state index in [-0.39, 0.29) is 5.38 Å². The van der Waals surface area contributed by atoms with Gasteiger partial charge in [0, 0.05) is 5.02 Å². The number of aryl methyl sites for hydroxylation is 1. The van der Waals surface area contributed by atoms with Crippen LogP contribution in [0.15, 0.2) is 42.5 Å². The highest BCUT2D eigenvalue weighted by molar-refractivity contribution is 6.31. The van der Waals surface area contributed by atoms with Gasteiger partial charge in [-0.05, 0) is 48.1 Å². The number of benzene rings is 2. The van der Waals surface area contributed by atoms with Crippen molar-refractivity contribution in [3.8, 4) is 0 Å². The summed E-state index contributed by atoms with van der Waals surface area (Å²) < 4.78 is 0. The zero-order chi connectivity index (χ0) is 14.5. The first-order valence-corrected chi connectivity index (χ1v) is 7.92. The molecule has 1 atom stereocenters. The summed E-state index contributed by atoms with van der Waals surface area (Å²) in [5.41, 5.74) is 4.64. The molecule has 2 aromatic rings. The van der Waals surface area contributed by atoms with Gasteiger partial charge >= 0.3 is 0 Å². The van der Waals surface area contributed by atoms with Crippen molar-refractivity contribution in [2.75, 3.05) is 0 Å². The Bertz CT molecular complexity index is 558. The second-order valence-corrected chi connectivity index (χ2v) is 6.01. The summed E-state index contributed by atoms with van der Waals surface area (Å²) in [4.78, 5) is 0. The molecular weight excluding hydrogens is 287 g/mol. The van der Waals surface area contributed by atoms with Crippen LogP contribution in [0.3, 0.4) is 0 Å². The Hall–Kier alpha value is -0.980. The van der Waals surface area contributed by atoms with Gasteiger partial charge in [-0.2, -0.15) is 0 Å². The van der Waals surface area contributed by atoms with Gasteiger partial charge in [0.25, 0.3) is 0 Å². The molecule has 0 aliphatic heterocycles. The molecule has 0 spiro atoms. The molecule has 0 radical (unpaired) electrons. The van der Waals surface area contributed by atoms with Gasteiger partial charge < -0.3 is 0 Å². The number of halogens is 2. The molecule has 0 bridgehead atoms. The monoisotopic (exact) mass is 306 g/mol. The maximum Gasteiger partial charge on any atom is 0.0838 e. The number of hydrogen-bond donors (Lipinski definition) is 0. The van der Waals surface area contributed by atoms with Crippen molar-refractivity contribution in [1.29, 1.82) is 0 Å². The highest BCUT2D eigenvalue weighted by Crippen LogP contribution is 2.33. The van der Waals surface area contributed by atoms with Gasteiger partial charge in [0.2, 0.25) is 0 Å². The lowest BCUT2D eigenvalue weighted by Crippen LogP contribution is -1.97. The first-order valence-electron chi connectivity index (χ1n) is 7.11. The summed E-state index contributed by atoms with van der Waals surface area (Å²) in [5, 5.41) is 0.627. The lowest BCUT2D eigenvalue weighted by molar-refractivity contribution is 0.794. The Balaban J connectivity index is 2.20. The van der Waals surface area contributed by atoms with Gasteiger partial charge in [0.15, 0.2) is 0 Å². The largest absolute Gasteiger partial charge is 0.113 e. The van der Waals surface area contributed by atoms with E-state index in [1.54, 1.807) is 0 Å². The van der Waals surface area contributed by atoms with Crippen LogP contribution in [0.4, 0.5) is 0 Å². The molecule has 0 amide bonds. The quantitative estimate of drug-likeness (QED) is 0.567. The minimum absolute atomic E-state index is 0.145. The number of hydrogen-bond acceptors (Lipinski definition) is 0. The highest BCUT2D eigenvalue weighted by atomic mass is 35.5. The zero-order valence-electron chi connectivity index (χ0n) is 12.0. The Morgan fingerprint density at radius 2 is 1.75 bits per heavy atom. The topological polar surface area (TPSA) is 0 Å². The van der Waals surface area contributed by atoms with Gasteiger partial charge in [-0.3, -0.25) is 0 Å². The lowest BCUT2D eigenvalue weighted by Gasteiger charge is -2.14. The maximum atomic E-state index is 6.61. The number of alkyl halides is 1. The van der Waals surface area contributed by atoms with Crippen LogP contribution in [0.25, 0.3) is 0 Å². The van der Waals surface area contributed by atoms with Crippen LogP contribution in [0.1, 0.15) is 47.4 Å². The molecular formula is C18H20Cl2. The van der Waals surface area contributed by atoms with Crippen molar-refractivity contribution in [3.05, 3.63) is 69.7 Å². The van der Waals surface area contributed by atoms with Gasteiger partial charge in [-0.15, -0.1) is 11.6 Å². The third kappa shape index (κ3) is 3.56. The Labute approximate surface area is 131 Å². The fourth-order valence-corrected chi connectivity index (χ4v) is 2.88. The molecule has 106 valence electrons. The van der Waals surface area contributed by atoms with E-state index in [2.05, 4.69) is 31.2 Å². The summed E-state index contributed by atoms with van der Waals surface area (Å²) in [5.74, 6) is 0. The van der Waals surface area contributed by atoms with E-state index in [0.29, 0.717) is 0 Å². The molecule has 0 fully saturated rings. The molecule has 0 aliphatic rings. The summed E-state index contributed by atoms with van der Waals surface area (Å²) in [6.07, 6.45) is 3.60. The first-order chi connectivity index (χ1) is 9.63. The average Bonchev–Trinajstić information content (AvgIpc) is 2.48. The van der Waals surface area contributed by atoms with Crippen LogP contribution in [0.5, 0.6) is 0 Å². The van der Waals surface area contributed by atoms with Crippen molar-refractivity contribution < 1.29 is 0 Å². The molecule has 20 heavy (non-hydrogen) atoms. The molecule has 0 saturated heterocycles. The summed E-state index contributed by atoms with van der Waals surface area (Å²) in [6.45, 7) is 4.23. The standard InChI is InChI=1S/C18H20Cl2/c1-3-4-6-14-9-11-15(12-10-14)18(20)16-7-5-8-17(19)13(16)2/h5,7-12,18H,3-4,6H2,1-2H3. The molecule has 2 heteroatoms. The van der Waals surface area contributed by atoms with Gasteiger partial charge in [0.05, 0.1) is 5.38 Å². The molecule has 0 heterocycles. The molecule has 0 saturated carbocycles. The van der Waals surface area contributed by atoms with Crippen LogP contribution in [0, 0.1) is 6.92 Å². The van der Waals surface area contributed by atoms with Crippen molar-refractivity contribution in [1.82, 2.24) is 0 Å². The number of unbranched alkanes of at least 4 members (excludes halogenated alkanes) is 1. The Morgan fingerprint density at radius 3 is 2.40 bits per heavy atom. The van der Waals surface area contributed by atoms with Crippen molar-refractivity contribution >= 4 is 23.2 Å². The smallest absolute Gasteiger partial charge is 0.0838 e. The van der Waals surface area contributed by atoms with Crippen LogP contribution in [-0.2, 0) is 6.42 Å². The number of rotatable bonds is 5. The third-order valence-corrected chi connectivity index (χ3v) is 4.57. The van der Waals surface area contributed by atoms with E-state index < -0.39 is 0 Å². The Morgan fingerprint density at radius 1 is 1.05 bits per heavy atom. The van der Waals surface area contributed by atoms with Crippen LogP contribution < -0.4 is 0 Å². The minimum atomic E-state index is -0.145. The minimum Gasteiger partial charge on any atom is -0.113 e. The van der Waals surface area contributed by atoms with Crippen molar-refractivity contribution in [3.63, 3.8) is 0 Å². The summed E-state index contributed by atoms with van der Waals surface area (Å²) >= 11 is 12.8. The summed E-state index contributed by atoms with van der Waals surface area (Å²) in [6, 6.07) is 14.5. The van der Waals surface area contributed by atoms with Crippen LogP contribution >= 0.6 is 23.2 Å². The van der Waals surface area contributed by atoms with Crippen LogP contribution in [-0.4, -0.2) is 0 Å². The first kappa shape index (κ1) is 15.4. The van der Waals surface area contributed by atoms with Crippen LogP contribution in [0.2, 0.25) is 5.02 Å². The fraction of sp³-hybridized carbons (Fsp3) is 0.333. The molecule has 2 aromatic carbocycles. The van der Waals surface area contributed by atoms with Gasteiger partial charge in [0.1, 0.15) is 0 Å². The predicted molar refractivity (Wildman–Crippen MR) is 88.9 cm³/mol. The molecule has 0 aliphatic carbocycles. The molecule has 0 nitrogen and oxygen atoms in total. The molecule has 0 aromatic heterocycles. The van der Waals surface area contributed by atoms with E-state index in [1.165, 1.54) is 18.4 Å². The zero-order valence-corrected chi connectivity index (χ0v) is 13.5. The third-order valence-electron chi connectivity index (χ3n) is 3.67. The fourth-order valence-electron chi connectivity index (χ4n) is 2.31. The predicted octanol–water partition coefficient (Wildman–Crippen LogP) is 6.32. The van der Waals surface area contributed by atoms with E-state index >= 15 is 0 Å². The lowest BCUT2D eigenvalue weighted by atomic mass is 9.98. The van der Waals surface area contributed by atoms with E-state index in [9.17, 15) is 0 Å². The van der Waals surface area contributed by atoms with Crippen molar-refractivity contribution in [2.24, 2.45) is 0 Å². The van der Waals surface area contributed by atoms with Gasteiger partial charge in [-0.25, -0.2) is 0 Å². The van der Waals surface area contributed by atoms with E-state index in [4.69, 9.17) is 23.2 Å². The average molecular weight is 307 g/mol.